The summed E-state index contributed by atoms with van der Waals surface area (Å²) >= 11 is 1.89. The first-order chi connectivity index (χ1) is 35.2. The van der Waals surface area contributed by atoms with E-state index in [0.717, 1.165) is 67.7 Å². The van der Waals surface area contributed by atoms with E-state index < -0.39 is 0 Å². The Balaban J connectivity index is 0.947. The van der Waals surface area contributed by atoms with Crippen molar-refractivity contribution in [1.82, 2.24) is 9.13 Å². The fourth-order valence-corrected chi connectivity index (χ4v) is 12.2. The van der Waals surface area contributed by atoms with Gasteiger partial charge in [0.05, 0.1) is 27.8 Å². The Morgan fingerprint density at radius 2 is 0.803 bits per heavy atom. The van der Waals surface area contributed by atoms with Gasteiger partial charge in [-0.15, -0.1) is 11.3 Å². The Bertz CT molecular complexity index is 4290. The number of hydrogen-bond donors (Lipinski definition) is 0. The minimum Gasteiger partial charge on any atom is -0.310 e. The molecule has 14 aromatic rings. The Labute approximate surface area is 415 Å². The summed E-state index contributed by atoms with van der Waals surface area (Å²) in [5, 5.41) is 7.60. The van der Waals surface area contributed by atoms with E-state index in [0.29, 0.717) is 0 Å². The lowest BCUT2D eigenvalue weighted by atomic mass is 10.00. The van der Waals surface area contributed by atoms with Crippen LogP contribution in [0.2, 0.25) is 0 Å². The maximum atomic E-state index is 2.45. The molecule has 0 unspecified atom stereocenters. The second kappa shape index (κ2) is 16.8. The summed E-state index contributed by atoms with van der Waals surface area (Å²) in [6, 6.07) is 97.0. The van der Waals surface area contributed by atoms with Gasteiger partial charge in [0.1, 0.15) is 0 Å². The van der Waals surface area contributed by atoms with Crippen LogP contribution >= 0.6 is 11.3 Å². The molecule has 0 bridgehead atoms. The van der Waals surface area contributed by atoms with Gasteiger partial charge in [-0.25, -0.2) is 0 Å². The van der Waals surface area contributed by atoms with E-state index in [-0.39, 0.29) is 0 Å². The average Bonchev–Trinajstić information content (AvgIpc) is 4.10. The van der Waals surface area contributed by atoms with E-state index in [4.69, 9.17) is 0 Å². The van der Waals surface area contributed by atoms with Crippen LogP contribution in [0.3, 0.4) is 0 Å². The van der Waals surface area contributed by atoms with Crippen molar-refractivity contribution < 1.29 is 0 Å². The monoisotopic (exact) mass is 924 g/mol. The van der Waals surface area contributed by atoms with E-state index in [1.807, 2.05) is 11.3 Å². The smallest absolute Gasteiger partial charge is 0.0562 e. The van der Waals surface area contributed by atoms with Crippen LogP contribution in [0.1, 0.15) is 0 Å². The number of para-hydroxylation sites is 6. The predicted octanol–water partition coefficient (Wildman–Crippen LogP) is 18.9. The van der Waals surface area contributed by atoms with E-state index in [1.54, 1.807) is 0 Å². The third-order valence-corrected chi connectivity index (χ3v) is 15.3. The van der Waals surface area contributed by atoms with E-state index in [1.165, 1.54) is 52.8 Å². The predicted molar refractivity (Wildman–Crippen MR) is 303 cm³/mol. The van der Waals surface area contributed by atoms with Gasteiger partial charge in [0, 0.05) is 87.1 Å². The van der Waals surface area contributed by atoms with E-state index in [2.05, 4.69) is 286 Å². The molecule has 3 heterocycles. The first kappa shape index (κ1) is 40.9. The van der Waals surface area contributed by atoms with Crippen molar-refractivity contribution in [3.8, 4) is 22.5 Å². The van der Waals surface area contributed by atoms with Crippen LogP contribution in [0, 0.1) is 0 Å². The highest BCUT2D eigenvalue weighted by molar-refractivity contribution is 7.26. The van der Waals surface area contributed by atoms with Gasteiger partial charge in [0.15, 0.2) is 0 Å². The zero-order chi connectivity index (χ0) is 46.8. The molecule has 0 amide bonds. The molecule has 0 spiro atoms. The topological polar surface area (TPSA) is 16.3 Å². The highest BCUT2D eigenvalue weighted by atomic mass is 32.1. The summed E-state index contributed by atoms with van der Waals surface area (Å²) in [5.74, 6) is 0. The van der Waals surface area contributed by atoms with Crippen molar-refractivity contribution in [2.45, 2.75) is 0 Å². The number of fused-ring (bicyclic) bond motifs is 10. The molecule has 0 fully saturated rings. The molecule has 0 saturated heterocycles. The SMILES string of the molecule is c1ccc(N(c2cccc(-c3ccccc3N(c3ccccc3)c3ccc4c5c6sc7ccccc7c6ccc5n(-c5ccccc5)c4c3)c2)c2ccc3c4ccccc4n(-c4ccccc4)c3c2)cc1. The molecule has 11 aromatic carbocycles. The molecular weight excluding hydrogens is 881 g/mol. The number of hydrogen-bond acceptors (Lipinski definition) is 3. The summed E-state index contributed by atoms with van der Waals surface area (Å²) in [4.78, 5) is 4.81. The first-order valence-corrected chi connectivity index (χ1v) is 25.0. The Hall–Kier alpha value is -9.16. The number of rotatable bonds is 9. The Morgan fingerprint density at radius 3 is 1.54 bits per heavy atom. The molecule has 5 heteroatoms. The van der Waals surface area contributed by atoms with Crippen LogP contribution < -0.4 is 9.80 Å². The second-order valence-corrected chi connectivity index (χ2v) is 19.2. The molecule has 334 valence electrons. The highest BCUT2D eigenvalue weighted by Gasteiger charge is 2.23. The highest BCUT2D eigenvalue weighted by Crippen LogP contribution is 2.48. The van der Waals surface area contributed by atoms with Gasteiger partial charge in [0.2, 0.25) is 0 Å². The van der Waals surface area contributed by atoms with Gasteiger partial charge < -0.3 is 18.9 Å². The second-order valence-electron chi connectivity index (χ2n) is 18.1. The molecule has 0 radical (unpaired) electrons. The first-order valence-electron chi connectivity index (χ1n) is 24.2. The lowest BCUT2D eigenvalue weighted by molar-refractivity contribution is 1.18. The van der Waals surface area contributed by atoms with E-state index in [9.17, 15) is 0 Å². The van der Waals surface area contributed by atoms with Crippen molar-refractivity contribution in [1.29, 1.82) is 0 Å². The third kappa shape index (κ3) is 6.74. The van der Waals surface area contributed by atoms with Crippen molar-refractivity contribution in [3.05, 3.63) is 267 Å². The lowest BCUT2D eigenvalue weighted by Crippen LogP contribution is -2.12. The van der Waals surface area contributed by atoms with Crippen molar-refractivity contribution in [2.75, 3.05) is 9.80 Å². The van der Waals surface area contributed by atoms with Gasteiger partial charge in [-0.3, -0.25) is 0 Å². The Kier molecular flexibility index (Phi) is 9.68. The van der Waals surface area contributed by atoms with Crippen molar-refractivity contribution >= 4 is 109 Å². The maximum Gasteiger partial charge on any atom is 0.0562 e. The van der Waals surface area contributed by atoms with Gasteiger partial charge in [-0.1, -0.05) is 158 Å². The average molecular weight is 925 g/mol. The molecular formula is C66H44N4S. The molecule has 0 N–H and O–H groups in total. The van der Waals surface area contributed by atoms with Gasteiger partial charge in [-0.2, -0.15) is 0 Å². The maximum absolute atomic E-state index is 2.45. The van der Waals surface area contributed by atoms with Crippen LogP contribution in [-0.2, 0) is 0 Å². The summed E-state index contributed by atoms with van der Waals surface area (Å²) in [6.07, 6.45) is 0. The summed E-state index contributed by atoms with van der Waals surface area (Å²) in [7, 11) is 0. The molecule has 0 aliphatic heterocycles. The van der Waals surface area contributed by atoms with Gasteiger partial charge >= 0.3 is 0 Å². The molecule has 71 heavy (non-hydrogen) atoms. The van der Waals surface area contributed by atoms with Crippen LogP contribution in [0.5, 0.6) is 0 Å². The van der Waals surface area contributed by atoms with Gasteiger partial charge in [0.25, 0.3) is 0 Å². The Morgan fingerprint density at radius 1 is 0.296 bits per heavy atom. The lowest BCUT2D eigenvalue weighted by Gasteiger charge is -2.29. The molecule has 14 rings (SSSR count). The third-order valence-electron chi connectivity index (χ3n) is 14.0. The summed E-state index contributed by atoms with van der Waals surface area (Å²) in [5.41, 5.74) is 15.7. The quantitative estimate of drug-likeness (QED) is 0.143. The standard InChI is InChI=1S/C66H44N4S/c1-5-21-46(22-6-1)67(51-36-38-55-54-31-14-17-34-60(54)69(62(55)43-51)48-25-9-3-10-26-48)50-29-19-20-45(42-50)53-30-13-16-33-59(53)68(47-23-7-2-8-24-47)52-37-39-58-63(44-52)70(49-27-11-4-12-28-49)61-41-40-57-56-32-15-18-35-64(56)71-66(57)65(58)61/h1-44H. The normalized spacial score (nSPS) is 11.7. The number of benzene rings is 11. The van der Waals surface area contributed by atoms with Crippen LogP contribution in [0.15, 0.2) is 267 Å². The zero-order valence-electron chi connectivity index (χ0n) is 38.6. The molecule has 4 nitrogen and oxygen atoms in total. The van der Waals surface area contributed by atoms with Crippen LogP contribution in [0.25, 0.3) is 86.3 Å². The van der Waals surface area contributed by atoms with Crippen LogP contribution in [-0.4, -0.2) is 9.13 Å². The van der Waals surface area contributed by atoms with E-state index >= 15 is 0 Å². The molecule has 0 atom stereocenters. The largest absolute Gasteiger partial charge is 0.310 e. The molecule has 3 aromatic heterocycles. The molecule has 0 saturated carbocycles. The fraction of sp³-hybridized carbons (Fsp3) is 0. The number of thiophene rings is 1. The van der Waals surface area contributed by atoms with Gasteiger partial charge in [-0.05, 0) is 115 Å². The number of aromatic nitrogens is 2. The number of anilines is 6. The minimum absolute atomic E-state index is 1.07. The zero-order valence-corrected chi connectivity index (χ0v) is 39.4. The number of nitrogens with zero attached hydrogens (tertiary/aromatic N) is 4. The summed E-state index contributed by atoms with van der Waals surface area (Å²) < 4.78 is 7.47. The molecule has 0 aliphatic carbocycles. The van der Waals surface area contributed by atoms with Crippen molar-refractivity contribution in [2.24, 2.45) is 0 Å². The minimum atomic E-state index is 1.07. The van der Waals surface area contributed by atoms with Crippen LogP contribution in [0.4, 0.5) is 34.1 Å². The molecule has 0 aliphatic rings. The van der Waals surface area contributed by atoms with Crippen molar-refractivity contribution in [3.63, 3.8) is 0 Å². The fourth-order valence-electron chi connectivity index (χ4n) is 11.0. The summed E-state index contributed by atoms with van der Waals surface area (Å²) in [6.45, 7) is 0.